The minimum atomic E-state index is -1.05. The number of carboxylic acids is 1. The fourth-order valence-corrected chi connectivity index (χ4v) is 3.54. The molecule has 23 heavy (non-hydrogen) atoms. The molecular weight excluding hydrogens is 298 g/mol. The maximum Gasteiger partial charge on any atom is 0.344 e. The van der Waals surface area contributed by atoms with E-state index in [1.807, 2.05) is 12.2 Å². The highest BCUT2D eigenvalue weighted by Gasteiger charge is 2.51. The topological polar surface area (TPSA) is 99.4 Å². The Bertz CT molecular complexity index is 462. The number of fused-ring (bicyclic) bond motifs is 1. The number of hydrogen-bond donors (Lipinski definition) is 3. The number of oxime groups is 1. The number of aliphatic hydroxyl groups excluding tert-OH is 2. The molecule has 130 valence electrons. The Labute approximate surface area is 136 Å². The summed E-state index contributed by atoms with van der Waals surface area (Å²) in [6.45, 7) is 1.70. The van der Waals surface area contributed by atoms with Crippen LogP contribution in [0.15, 0.2) is 17.3 Å². The second-order valence-corrected chi connectivity index (χ2v) is 6.55. The molecule has 2 fully saturated rings. The van der Waals surface area contributed by atoms with Crippen molar-refractivity contribution in [2.45, 2.75) is 57.7 Å². The molecule has 3 unspecified atom stereocenters. The van der Waals surface area contributed by atoms with Crippen LogP contribution in [0.4, 0.5) is 0 Å². The van der Waals surface area contributed by atoms with Gasteiger partial charge in [-0.15, -0.1) is 0 Å². The molecule has 2 rings (SSSR count). The predicted octanol–water partition coefficient (Wildman–Crippen LogP) is 1.96. The van der Waals surface area contributed by atoms with Gasteiger partial charge in [0.1, 0.15) is 0 Å². The minimum Gasteiger partial charge on any atom is -0.479 e. The quantitative estimate of drug-likeness (QED) is 0.342. The van der Waals surface area contributed by atoms with Crippen LogP contribution < -0.4 is 0 Å². The Hall–Kier alpha value is -1.40. The lowest BCUT2D eigenvalue weighted by molar-refractivity contribution is -0.142. The summed E-state index contributed by atoms with van der Waals surface area (Å²) < 4.78 is 0. The first-order valence-electron chi connectivity index (χ1n) is 8.47. The number of aliphatic carboxylic acids is 1. The summed E-state index contributed by atoms with van der Waals surface area (Å²) in [5.41, 5.74) is 0.842. The molecule has 0 radical (unpaired) electrons. The molecule has 5 atom stereocenters. The van der Waals surface area contributed by atoms with Gasteiger partial charge in [-0.05, 0) is 25.2 Å². The van der Waals surface area contributed by atoms with E-state index in [9.17, 15) is 15.0 Å². The molecule has 3 N–H and O–H groups in total. The molecule has 2 aliphatic rings. The Morgan fingerprint density at radius 1 is 1.48 bits per heavy atom. The van der Waals surface area contributed by atoms with Gasteiger partial charge in [0.2, 0.25) is 6.61 Å². The van der Waals surface area contributed by atoms with Crippen molar-refractivity contribution in [3.05, 3.63) is 12.2 Å². The Morgan fingerprint density at radius 3 is 2.96 bits per heavy atom. The molecule has 0 spiro atoms. The molecule has 0 heterocycles. The molecular formula is C17H27NO5. The zero-order valence-corrected chi connectivity index (χ0v) is 13.6. The van der Waals surface area contributed by atoms with Crippen LogP contribution in [-0.4, -0.2) is 45.8 Å². The van der Waals surface area contributed by atoms with Gasteiger partial charge in [-0.25, -0.2) is 4.79 Å². The molecule has 0 bridgehead atoms. The number of carbonyl (C=O) groups is 1. The van der Waals surface area contributed by atoms with Crippen molar-refractivity contribution in [1.82, 2.24) is 0 Å². The number of aliphatic hydroxyl groups is 2. The van der Waals surface area contributed by atoms with Crippen LogP contribution in [0.2, 0.25) is 0 Å². The van der Waals surface area contributed by atoms with Gasteiger partial charge >= 0.3 is 5.97 Å². The summed E-state index contributed by atoms with van der Waals surface area (Å²) >= 11 is 0. The van der Waals surface area contributed by atoms with Gasteiger partial charge in [-0.2, -0.15) is 0 Å². The molecule has 0 aromatic heterocycles. The number of unbranched alkanes of at least 4 members (excludes halogenated alkanes) is 2. The molecule has 2 saturated carbocycles. The molecule has 2 aliphatic carbocycles. The van der Waals surface area contributed by atoms with Crippen LogP contribution in [-0.2, 0) is 9.63 Å². The SMILES string of the molecule is CCCCCC(O)C=CC1C(O)C[C@@H]2C(=NOCC(=O)O)C[C@@H]12. The first-order valence-corrected chi connectivity index (χ1v) is 8.47. The van der Waals surface area contributed by atoms with Gasteiger partial charge in [0, 0.05) is 11.8 Å². The van der Waals surface area contributed by atoms with Crippen LogP contribution >= 0.6 is 0 Å². The van der Waals surface area contributed by atoms with Crippen LogP contribution in [0.25, 0.3) is 0 Å². The van der Waals surface area contributed by atoms with E-state index in [1.165, 1.54) is 0 Å². The maximum absolute atomic E-state index is 10.4. The van der Waals surface area contributed by atoms with E-state index in [4.69, 9.17) is 9.94 Å². The lowest BCUT2D eigenvalue weighted by Crippen LogP contribution is -2.36. The van der Waals surface area contributed by atoms with Crippen molar-refractivity contribution in [3.8, 4) is 0 Å². The minimum absolute atomic E-state index is 0.0410. The summed E-state index contributed by atoms with van der Waals surface area (Å²) in [6.07, 6.45) is 8.25. The summed E-state index contributed by atoms with van der Waals surface area (Å²) in [5, 5.41) is 32.5. The molecule has 6 nitrogen and oxygen atoms in total. The van der Waals surface area contributed by atoms with E-state index >= 15 is 0 Å². The highest BCUT2D eigenvalue weighted by atomic mass is 16.6. The van der Waals surface area contributed by atoms with Crippen molar-refractivity contribution in [1.29, 1.82) is 0 Å². The van der Waals surface area contributed by atoms with Crippen molar-refractivity contribution in [2.75, 3.05) is 6.61 Å². The third kappa shape index (κ3) is 4.78. The molecule has 0 amide bonds. The summed E-state index contributed by atoms with van der Waals surface area (Å²) in [7, 11) is 0. The van der Waals surface area contributed by atoms with E-state index < -0.39 is 24.8 Å². The number of nitrogens with zero attached hydrogens (tertiary/aromatic N) is 1. The normalized spacial score (nSPS) is 32.7. The first-order chi connectivity index (χ1) is 11.0. The number of rotatable bonds is 9. The van der Waals surface area contributed by atoms with E-state index in [0.717, 1.165) is 37.8 Å². The summed E-state index contributed by atoms with van der Waals surface area (Å²) in [4.78, 5) is 15.2. The molecule has 0 saturated heterocycles. The monoisotopic (exact) mass is 325 g/mol. The summed E-state index contributed by atoms with van der Waals surface area (Å²) in [5.74, 6) is -0.518. The molecule has 0 aromatic carbocycles. The van der Waals surface area contributed by atoms with Crippen molar-refractivity contribution >= 4 is 11.7 Å². The van der Waals surface area contributed by atoms with Gasteiger partial charge < -0.3 is 20.2 Å². The Kier molecular flexibility index (Phi) is 6.59. The standard InChI is InChI=1S/C17H27NO5/c1-2-3-4-5-11(19)6-7-12-13-8-15(14(13)9-16(12)20)18-23-10-17(21)22/h6-7,11-14,16,19-20H,2-5,8-10H2,1H3,(H,21,22)/t11?,12?,13-,14-,16?/m0/s1. The lowest BCUT2D eigenvalue weighted by Gasteiger charge is -2.34. The first kappa shape index (κ1) is 17.9. The number of carboxylic acid groups (broad SMARTS) is 1. The van der Waals surface area contributed by atoms with Crippen LogP contribution in [0.5, 0.6) is 0 Å². The second kappa shape index (κ2) is 8.45. The average Bonchev–Trinajstić information content (AvgIpc) is 2.73. The van der Waals surface area contributed by atoms with Gasteiger partial charge in [-0.1, -0.05) is 43.5 Å². The van der Waals surface area contributed by atoms with E-state index in [1.54, 1.807) is 0 Å². The average molecular weight is 325 g/mol. The maximum atomic E-state index is 10.4. The fourth-order valence-electron chi connectivity index (χ4n) is 3.54. The predicted molar refractivity (Wildman–Crippen MR) is 86.0 cm³/mol. The van der Waals surface area contributed by atoms with Crippen molar-refractivity contribution in [3.63, 3.8) is 0 Å². The van der Waals surface area contributed by atoms with Gasteiger partial charge in [-0.3, -0.25) is 0 Å². The zero-order valence-electron chi connectivity index (χ0n) is 13.6. The van der Waals surface area contributed by atoms with Gasteiger partial charge in [0.15, 0.2) is 0 Å². The van der Waals surface area contributed by atoms with Crippen LogP contribution in [0.3, 0.4) is 0 Å². The summed E-state index contributed by atoms with van der Waals surface area (Å²) in [6, 6.07) is 0. The third-order valence-corrected chi connectivity index (χ3v) is 4.85. The highest BCUT2D eigenvalue weighted by molar-refractivity contribution is 5.93. The van der Waals surface area contributed by atoms with Gasteiger partial charge in [0.25, 0.3) is 0 Å². The number of hydrogen-bond acceptors (Lipinski definition) is 5. The van der Waals surface area contributed by atoms with Crippen LogP contribution in [0.1, 0.15) is 45.4 Å². The Balaban J connectivity index is 1.81. The Morgan fingerprint density at radius 2 is 2.26 bits per heavy atom. The second-order valence-electron chi connectivity index (χ2n) is 6.55. The third-order valence-electron chi connectivity index (χ3n) is 4.85. The largest absolute Gasteiger partial charge is 0.479 e. The molecule has 0 aromatic rings. The smallest absolute Gasteiger partial charge is 0.344 e. The fraction of sp³-hybridized carbons (Fsp3) is 0.765. The molecule has 6 heteroatoms. The van der Waals surface area contributed by atoms with E-state index in [2.05, 4.69) is 12.1 Å². The van der Waals surface area contributed by atoms with E-state index in [-0.39, 0.29) is 11.8 Å². The van der Waals surface area contributed by atoms with Crippen molar-refractivity contribution in [2.24, 2.45) is 22.9 Å². The highest BCUT2D eigenvalue weighted by Crippen LogP contribution is 2.49. The van der Waals surface area contributed by atoms with E-state index in [0.29, 0.717) is 12.3 Å². The zero-order chi connectivity index (χ0) is 16.8. The van der Waals surface area contributed by atoms with Crippen molar-refractivity contribution < 1.29 is 25.0 Å². The van der Waals surface area contributed by atoms with Gasteiger partial charge in [0.05, 0.1) is 17.9 Å². The van der Waals surface area contributed by atoms with Crippen LogP contribution in [0, 0.1) is 17.8 Å². The lowest BCUT2D eigenvalue weighted by atomic mass is 9.71. The molecule has 0 aliphatic heterocycles.